The molecule has 2 heterocycles. The average Bonchev–Trinajstić information content (AvgIpc) is 2.59. The molecule has 0 unspecified atom stereocenters. The van der Waals surface area contributed by atoms with Crippen molar-refractivity contribution in [2.45, 2.75) is 0 Å². The maximum absolute atomic E-state index is 11.3. The highest BCUT2D eigenvalue weighted by Crippen LogP contribution is 2.14. The molecule has 5 nitrogen and oxygen atoms in total. The van der Waals surface area contributed by atoms with Gasteiger partial charge in [-0.05, 0) is 0 Å². The highest BCUT2D eigenvalue weighted by atomic mass is 32.1. The first-order valence-electron chi connectivity index (χ1n) is 4.01. The van der Waals surface area contributed by atoms with Gasteiger partial charge in [0.25, 0.3) is 5.56 Å². The molecule has 6 heteroatoms. The summed E-state index contributed by atoms with van der Waals surface area (Å²) in [6.07, 6.45) is 3.20. The fraction of sp³-hybridized carbons (Fsp3) is 0.125. The Balaban J connectivity index is 2.46. The van der Waals surface area contributed by atoms with E-state index in [1.807, 2.05) is 0 Å². The molecule has 0 spiro atoms. The van der Waals surface area contributed by atoms with Gasteiger partial charge in [-0.3, -0.25) is 4.79 Å². The Morgan fingerprint density at radius 1 is 1.71 bits per heavy atom. The van der Waals surface area contributed by atoms with E-state index >= 15 is 0 Å². The normalized spacial score (nSPS) is 10.3. The lowest BCUT2D eigenvalue weighted by Gasteiger charge is -1.92. The second-order valence-electron chi connectivity index (χ2n) is 2.55. The molecule has 0 atom stereocenters. The smallest absolute Gasteiger partial charge is 0.275 e. The van der Waals surface area contributed by atoms with Gasteiger partial charge in [-0.25, -0.2) is 4.98 Å². The molecule has 2 rings (SSSR count). The molecule has 0 fully saturated rings. The van der Waals surface area contributed by atoms with Crippen LogP contribution in [-0.4, -0.2) is 21.1 Å². The van der Waals surface area contributed by atoms with Gasteiger partial charge in [0.05, 0.1) is 0 Å². The van der Waals surface area contributed by atoms with Gasteiger partial charge in [-0.2, -0.15) is 4.52 Å². The lowest BCUT2D eigenvalue weighted by molar-refractivity contribution is 0.900. The summed E-state index contributed by atoms with van der Waals surface area (Å²) in [4.78, 5) is 15.9. The monoisotopic (exact) mass is 208 g/mol. The van der Waals surface area contributed by atoms with Crippen molar-refractivity contribution in [3.8, 4) is 0 Å². The molecule has 0 aromatic carbocycles. The van der Waals surface area contributed by atoms with E-state index in [0.717, 1.165) is 0 Å². The molecule has 0 aliphatic rings. The molecule has 0 saturated carbocycles. The number of fused-ring (bicyclic) bond motifs is 1. The number of hydrogen-bond donors (Lipinski definition) is 1. The summed E-state index contributed by atoms with van der Waals surface area (Å²) < 4.78 is 1.27. The minimum absolute atomic E-state index is 0.169. The third kappa shape index (κ3) is 1.51. The number of anilines is 1. The number of hydrogen-bond acceptors (Lipinski definition) is 5. The Morgan fingerprint density at radius 2 is 2.57 bits per heavy atom. The van der Waals surface area contributed by atoms with Crippen molar-refractivity contribution in [2.75, 3.05) is 11.9 Å². The van der Waals surface area contributed by atoms with Crippen LogP contribution < -0.4 is 10.9 Å². The van der Waals surface area contributed by atoms with E-state index in [1.54, 1.807) is 6.08 Å². The van der Waals surface area contributed by atoms with E-state index in [4.69, 9.17) is 0 Å². The van der Waals surface area contributed by atoms with Crippen molar-refractivity contribution >= 4 is 21.4 Å². The number of rotatable bonds is 3. The Hall–Kier alpha value is -1.69. The van der Waals surface area contributed by atoms with Gasteiger partial charge < -0.3 is 5.32 Å². The van der Waals surface area contributed by atoms with E-state index in [-0.39, 0.29) is 5.56 Å². The predicted octanol–water partition coefficient (Wildman–Crippen LogP) is 0.749. The van der Waals surface area contributed by atoms with Crippen LogP contribution in [0.1, 0.15) is 0 Å². The molecular weight excluding hydrogens is 200 g/mol. The van der Waals surface area contributed by atoms with Crippen molar-refractivity contribution in [2.24, 2.45) is 0 Å². The molecule has 0 aliphatic carbocycles. The van der Waals surface area contributed by atoms with E-state index in [1.165, 1.54) is 28.1 Å². The highest BCUT2D eigenvalue weighted by molar-refractivity contribution is 7.20. The van der Waals surface area contributed by atoms with Crippen molar-refractivity contribution < 1.29 is 0 Å². The summed E-state index contributed by atoms with van der Waals surface area (Å²) in [5, 5.41) is 7.72. The highest BCUT2D eigenvalue weighted by Gasteiger charge is 2.03. The van der Waals surface area contributed by atoms with Crippen LogP contribution in [0.5, 0.6) is 0 Å². The van der Waals surface area contributed by atoms with Gasteiger partial charge in [0.15, 0.2) is 0 Å². The SMILES string of the molecule is C=CCNc1nn2c(=O)ccnc2s1. The third-order valence-corrected chi connectivity index (χ3v) is 2.45. The molecule has 0 radical (unpaired) electrons. The van der Waals surface area contributed by atoms with Gasteiger partial charge in [0, 0.05) is 18.8 Å². The molecule has 0 amide bonds. The lowest BCUT2D eigenvalue weighted by Crippen LogP contribution is -2.12. The van der Waals surface area contributed by atoms with Gasteiger partial charge in [-0.1, -0.05) is 17.4 Å². The van der Waals surface area contributed by atoms with E-state index < -0.39 is 0 Å². The molecule has 1 N–H and O–H groups in total. The lowest BCUT2D eigenvalue weighted by atomic mass is 10.6. The number of aromatic nitrogens is 3. The summed E-state index contributed by atoms with van der Waals surface area (Å²) in [5.74, 6) is 0. The minimum atomic E-state index is -0.169. The molecule has 14 heavy (non-hydrogen) atoms. The topological polar surface area (TPSA) is 59.3 Å². The first kappa shape index (κ1) is 8.89. The van der Waals surface area contributed by atoms with Gasteiger partial charge in [0.1, 0.15) is 0 Å². The summed E-state index contributed by atoms with van der Waals surface area (Å²) in [6.45, 7) is 4.20. The maximum atomic E-state index is 11.3. The standard InChI is InChI=1S/C8H8N4OS/c1-2-4-9-7-11-12-6(13)3-5-10-8(12)14-7/h2-3,5H,1,4H2,(H,9,11). The van der Waals surface area contributed by atoms with Crippen LogP contribution in [0.15, 0.2) is 29.7 Å². The maximum Gasteiger partial charge on any atom is 0.275 e. The quantitative estimate of drug-likeness (QED) is 0.756. The second kappa shape index (κ2) is 3.59. The molecule has 2 aromatic heterocycles. The summed E-state index contributed by atoms with van der Waals surface area (Å²) >= 11 is 1.33. The summed E-state index contributed by atoms with van der Waals surface area (Å²) in [7, 11) is 0. The Kier molecular flexibility index (Phi) is 2.28. The second-order valence-corrected chi connectivity index (χ2v) is 3.51. The van der Waals surface area contributed by atoms with E-state index in [9.17, 15) is 4.79 Å². The fourth-order valence-electron chi connectivity index (χ4n) is 0.975. The third-order valence-electron chi connectivity index (χ3n) is 1.57. The molecule has 0 aliphatic heterocycles. The van der Waals surface area contributed by atoms with Gasteiger partial charge in [0.2, 0.25) is 10.1 Å². The number of nitrogens with zero attached hydrogens (tertiary/aromatic N) is 3. The van der Waals surface area contributed by atoms with Crippen LogP contribution in [0, 0.1) is 0 Å². The van der Waals surface area contributed by atoms with Gasteiger partial charge >= 0.3 is 0 Å². The first-order valence-corrected chi connectivity index (χ1v) is 4.82. The zero-order valence-electron chi connectivity index (χ0n) is 7.30. The van der Waals surface area contributed by atoms with Crippen LogP contribution in [-0.2, 0) is 0 Å². The van der Waals surface area contributed by atoms with Crippen molar-refractivity contribution in [3.05, 3.63) is 35.3 Å². The predicted molar refractivity (Wildman–Crippen MR) is 55.8 cm³/mol. The summed E-state index contributed by atoms with van der Waals surface area (Å²) in [5.41, 5.74) is -0.169. The Labute approximate surface area is 83.7 Å². The number of nitrogens with one attached hydrogen (secondary N) is 1. The Bertz CT molecular complexity index is 515. The summed E-state index contributed by atoms with van der Waals surface area (Å²) in [6, 6.07) is 1.38. The molecule has 0 saturated heterocycles. The van der Waals surface area contributed by atoms with Crippen LogP contribution in [0.4, 0.5) is 5.13 Å². The van der Waals surface area contributed by atoms with Crippen LogP contribution in [0.2, 0.25) is 0 Å². The van der Waals surface area contributed by atoms with Crippen molar-refractivity contribution in [1.29, 1.82) is 0 Å². The molecular formula is C8H8N4OS. The van der Waals surface area contributed by atoms with Crippen LogP contribution in [0.3, 0.4) is 0 Å². The fourth-order valence-corrected chi connectivity index (χ4v) is 1.76. The van der Waals surface area contributed by atoms with Crippen molar-refractivity contribution in [3.63, 3.8) is 0 Å². The van der Waals surface area contributed by atoms with Gasteiger partial charge in [-0.15, -0.1) is 11.7 Å². The largest absolute Gasteiger partial charge is 0.357 e. The minimum Gasteiger partial charge on any atom is -0.357 e. The Morgan fingerprint density at radius 3 is 3.29 bits per heavy atom. The average molecular weight is 208 g/mol. The van der Waals surface area contributed by atoms with Crippen LogP contribution >= 0.6 is 11.3 Å². The van der Waals surface area contributed by atoms with E-state index in [0.29, 0.717) is 16.6 Å². The first-order chi connectivity index (χ1) is 6.81. The molecule has 0 bridgehead atoms. The van der Waals surface area contributed by atoms with Crippen molar-refractivity contribution in [1.82, 2.24) is 14.6 Å². The molecule has 2 aromatic rings. The molecule has 72 valence electrons. The zero-order valence-corrected chi connectivity index (χ0v) is 8.12. The van der Waals surface area contributed by atoms with Crippen LogP contribution in [0.25, 0.3) is 4.96 Å². The zero-order chi connectivity index (χ0) is 9.97. The van der Waals surface area contributed by atoms with E-state index in [2.05, 4.69) is 22.0 Å².